The van der Waals surface area contributed by atoms with Crippen LogP contribution in [0.1, 0.15) is 40.4 Å². The predicted molar refractivity (Wildman–Crippen MR) is 97.0 cm³/mol. The van der Waals surface area contributed by atoms with E-state index in [4.69, 9.17) is 4.52 Å². The van der Waals surface area contributed by atoms with Crippen LogP contribution >= 0.6 is 11.3 Å². The summed E-state index contributed by atoms with van der Waals surface area (Å²) >= 11 is 1.37. The van der Waals surface area contributed by atoms with E-state index in [-0.39, 0.29) is 24.8 Å². The van der Waals surface area contributed by atoms with Crippen LogP contribution in [-0.4, -0.2) is 52.2 Å². The molecule has 2 aromatic heterocycles. The van der Waals surface area contributed by atoms with Crippen LogP contribution in [0, 0.1) is 6.92 Å². The zero-order valence-corrected chi connectivity index (χ0v) is 15.6. The van der Waals surface area contributed by atoms with Gasteiger partial charge >= 0.3 is 0 Å². The Balaban J connectivity index is 1.51. The number of nitrogens with one attached hydrogen (secondary N) is 1. The van der Waals surface area contributed by atoms with Gasteiger partial charge in [0.15, 0.2) is 0 Å². The Kier molecular flexibility index (Phi) is 5.73. The summed E-state index contributed by atoms with van der Waals surface area (Å²) < 4.78 is 5.10. The third kappa shape index (κ3) is 4.70. The summed E-state index contributed by atoms with van der Waals surface area (Å²) in [6.45, 7) is 3.05. The Morgan fingerprint density at radius 1 is 1.42 bits per heavy atom. The number of rotatable bonds is 5. The molecule has 8 heteroatoms. The molecule has 1 atom stereocenters. The number of aliphatic hydroxyl groups is 1. The number of thiophene rings is 1. The van der Waals surface area contributed by atoms with Crippen molar-refractivity contribution in [3.05, 3.63) is 39.9 Å². The zero-order valence-electron chi connectivity index (χ0n) is 14.7. The summed E-state index contributed by atoms with van der Waals surface area (Å²) in [6.07, 6.45) is 1.84. The first-order valence-corrected chi connectivity index (χ1v) is 9.57. The first-order valence-electron chi connectivity index (χ1n) is 8.69. The minimum absolute atomic E-state index is 0.0342. The number of nitrogens with zero attached hydrogens (tertiary/aromatic N) is 2. The highest BCUT2D eigenvalue weighted by molar-refractivity contribution is 7.12. The van der Waals surface area contributed by atoms with E-state index in [1.165, 1.54) is 11.3 Å². The number of hydrogen-bond acceptors (Lipinski definition) is 6. The van der Waals surface area contributed by atoms with Gasteiger partial charge in [0.25, 0.3) is 5.91 Å². The summed E-state index contributed by atoms with van der Waals surface area (Å²) in [7, 11) is 0. The molecule has 3 rings (SSSR count). The average molecular weight is 377 g/mol. The van der Waals surface area contributed by atoms with E-state index in [0.29, 0.717) is 43.0 Å². The number of carbonyl (C=O) groups excluding carboxylic acids is 2. The van der Waals surface area contributed by atoms with Crippen molar-refractivity contribution in [3.63, 3.8) is 0 Å². The van der Waals surface area contributed by atoms with Crippen molar-refractivity contribution in [1.29, 1.82) is 0 Å². The molecule has 1 aliphatic heterocycles. The molecule has 26 heavy (non-hydrogen) atoms. The molecule has 1 fully saturated rings. The monoisotopic (exact) mass is 377 g/mol. The first-order chi connectivity index (χ1) is 12.5. The molecular formula is C18H23N3O4S. The van der Waals surface area contributed by atoms with E-state index in [1.54, 1.807) is 17.0 Å². The van der Waals surface area contributed by atoms with Gasteiger partial charge in [-0.3, -0.25) is 9.59 Å². The summed E-state index contributed by atoms with van der Waals surface area (Å²) in [4.78, 5) is 26.9. The summed E-state index contributed by atoms with van der Waals surface area (Å²) in [6, 6.07) is 5.33. The molecule has 0 saturated carbocycles. The fourth-order valence-corrected chi connectivity index (χ4v) is 3.75. The van der Waals surface area contributed by atoms with E-state index in [1.807, 2.05) is 18.4 Å². The summed E-state index contributed by atoms with van der Waals surface area (Å²) in [5, 5.41) is 19.3. The van der Waals surface area contributed by atoms with Gasteiger partial charge in [-0.25, -0.2) is 0 Å². The van der Waals surface area contributed by atoms with E-state index in [2.05, 4.69) is 10.5 Å². The Labute approximate surface area is 156 Å². The highest BCUT2D eigenvalue weighted by atomic mass is 32.1. The van der Waals surface area contributed by atoms with Gasteiger partial charge in [-0.15, -0.1) is 11.3 Å². The van der Waals surface area contributed by atoms with E-state index in [9.17, 15) is 14.7 Å². The lowest BCUT2D eigenvalue weighted by Crippen LogP contribution is -2.43. The third-order valence-corrected chi connectivity index (χ3v) is 5.46. The molecule has 0 spiro atoms. The van der Waals surface area contributed by atoms with Crippen LogP contribution in [0.4, 0.5) is 0 Å². The summed E-state index contributed by atoms with van der Waals surface area (Å²) in [5.74, 6) is 0.342. The lowest BCUT2D eigenvalue weighted by Gasteiger charge is -2.27. The number of carbonyl (C=O) groups is 2. The molecule has 2 aromatic rings. The predicted octanol–water partition coefficient (Wildman–Crippen LogP) is 1.76. The first kappa shape index (κ1) is 18.6. The second-order valence-electron chi connectivity index (χ2n) is 6.73. The zero-order chi connectivity index (χ0) is 18.6. The van der Waals surface area contributed by atoms with Crippen LogP contribution in [0.5, 0.6) is 0 Å². The molecule has 0 aliphatic carbocycles. The van der Waals surface area contributed by atoms with Gasteiger partial charge in [0.2, 0.25) is 5.91 Å². The molecule has 3 heterocycles. The molecule has 1 aliphatic rings. The molecular weight excluding hydrogens is 354 g/mol. The highest BCUT2D eigenvalue weighted by Crippen LogP contribution is 2.23. The molecule has 7 nitrogen and oxygen atoms in total. The maximum Gasteiger partial charge on any atom is 0.261 e. The minimum Gasteiger partial charge on any atom is -0.388 e. The van der Waals surface area contributed by atoms with Gasteiger partial charge in [0.05, 0.1) is 22.6 Å². The summed E-state index contributed by atoms with van der Waals surface area (Å²) in [5.41, 5.74) is -0.246. The van der Waals surface area contributed by atoms with Gasteiger partial charge in [0, 0.05) is 25.7 Å². The van der Waals surface area contributed by atoms with Crippen LogP contribution in [0.15, 0.2) is 28.1 Å². The van der Waals surface area contributed by atoms with Crippen molar-refractivity contribution in [2.45, 2.75) is 38.2 Å². The number of aromatic nitrogens is 1. The molecule has 0 unspecified atom stereocenters. The second kappa shape index (κ2) is 8.01. The standard InChI is InChI=1S/C18H23N3O4S/c1-13-10-14(25-20-13)11-16(22)21-7-3-5-18(24,6-8-21)12-19-17(23)15-4-2-9-26-15/h2,4,9-10,24H,3,5-8,11-12H2,1H3,(H,19,23)/t18-/m1/s1. The minimum atomic E-state index is -0.995. The van der Waals surface area contributed by atoms with Crippen LogP contribution in [0.3, 0.4) is 0 Å². The van der Waals surface area contributed by atoms with Crippen molar-refractivity contribution in [1.82, 2.24) is 15.4 Å². The van der Waals surface area contributed by atoms with Crippen LogP contribution in [-0.2, 0) is 11.2 Å². The maximum absolute atomic E-state index is 12.5. The topological polar surface area (TPSA) is 95.7 Å². The molecule has 0 bridgehead atoms. The molecule has 1 saturated heterocycles. The van der Waals surface area contributed by atoms with E-state index >= 15 is 0 Å². The highest BCUT2D eigenvalue weighted by Gasteiger charge is 2.32. The van der Waals surface area contributed by atoms with Crippen LogP contribution in [0.2, 0.25) is 0 Å². The van der Waals surface area contributed by atoms with Gasteiger partial charge in [-0.2, -0.15) is 0 Å². The van der Waals surface area contributed by atoms with Gasteiger partial charge in [-0.1, -0.05) is 11.2 Å². The molecule has 2 amide bonds. The Morgan fingerprint density at radius 3 is 2.96 bits per heavy atom. The lowest BCUT2D eigenvalue weighted by molar-refractivity contribution is -0.130. The SMILES string of the molecule is Cc1cc(CC(=O)N2CCC[C@](O)(CNC(=O)c3cccs3)CC2)on1. The van der Waals surface area contributed by atoms with Crippen molar-refractivity contribution < 1.29 is 19.2 Å². The molecule has 0 aromatic carbocycles. The Bertz CT molecular complexity index is 758. The van der Waals surface area contributed by atoms with Gasteiger partial charge < -0.3 is 19.8 Å². The van der Waals surface area contributed by atoms with E-state index in [0.717, 1.165) is 5.69 Å². The van der Waals surface area contributed by atoms with Crippen molar-refractivity contribution >= 4 is 23.2 Å². The molecule has 0 radical (unpaired) electrons. The van der Waals surface area contributed by atoms with Crippen molar-refractivity contribution in [2.75, 3.05) is 19.6 Å². The third-order valence-electron chi connectivity index (χ3n) is 4.60. The van der Waals surface area contributed by atoms with Gasteiger partial charge in [-0.05, 0) is 37.6 Å². The number of amides is 2. The second-order valence-corrected chi connectivity index (χ2v) is 7.68. The quantitative estimate of drug-likeness (QED) is 0.828. The van der Waals surface area contributed by atoms with Crippen LogP contribution in [0.25, 0.3) is 0 Å². The maximum atomic E-state index is 12.5. The smallest absolute Gasteiger partial charge is 0.261 e. The number of likely N-dealkylation sites (tertiary alicyclic amines) is 1. The van der Waals surface area contributed by atoms with Crippen molar-refractivity contribution in [3.8, 4) is 0 Å². The normalized spacial score (nSPS) is 20.6. The fraction of sp³-hybridized carbons (Fsp3) is 0.500. The lowest BCUT2D eigenvalue weighted by atomic mass is 9.95. The van der Waals surface area contributed by atoms with E-state index < -0.39 is 5.60 Å². The molecule has 140 valence electrons. The average Bonchev–Trinajstić information content (AvgIpc) is 3.24. The fourth-order valence-electron chi connectivity index (χ4n) is 3.11. The Morgan fingerprint density at radius 2 is 2.27 bits per heavy atom. The number of aryl methyl sites for hydroxylation is 1. The van der Waals surface area contributed by atoms with Crippen LogP contribution < -0.4 is 5.32 Å². The Hall–Kier alpha value is -2.19. The van der Waals surface area contributed by atoms with Gasteiger partial charge in [0.1, 0.15) is 5.76 Å². The molecule has 2 N–H and O–H groups in total. The number of hydrogen-bond donors (Lipinski definition) is 2. The largest absolute Gasteiger partial charge is 0.388 e. The van der Waals surface area contributed by atoms with Crippen molar-refractivity contribution in [2.24, 2.45) is 0 Å².